The highest BCUT2D eigenvalue weighted by Crippen LogP contribution is 2.40. The first-order valence-corrected chi connectivity index (χ1v) is 10.2. The fraction of sp³-hybridized carbons (Fsp3) is 0.455. The van der Waals surface area contributed by atoms with Gasteiger partial charge in [0.1, 0.15) is 11.5 Å². The first kappa shape index (κ1) is 20.7. The zero-order valence-corrected chi connectivity index (χ0v) is 16.9. The molecule has 8 heteroatoms. The maximum atomic E-state index is 13.8. The predicted octanol–water partition coefficient (Wildman–Crippen LogP) is 4.88. The number of aliphatic hydroxyl groups is 1. The molecule has 30 heavy (non-hydrogen) atoms. The first-order valence-electron chi connectivity index (χ1n) is 10.2. The fourth-order valence-corrected chi connectivity index (χ4v) is 4.28. The molecule has 2 N–H and O–H groups in total. The molecular weight excluding hydrogens is 393 g/mol. The number of nitrogens with zero attached hydrogens (tertiary/aromatic N) is 3. The Balaban J connectivity index is 1.76. The van der Waals surface area contributed by atoms with Crippen LogP contribution < -0.4 is 4.90 Å². The summed E-state index contributed by atoms with van der Waals surface area (Å²) >= 11 is 0. The van der Waals surface area contributed by atoms with Crippen molar-refractivity contribution in [2.45, 2.75) is 39.0 Å². The third kappa shape index (κ3) is 4.01. The number of aliphatic hydroxyl groups excluding tert-OH is 1. The molecule has 4 heterocycles. The summed E-state index contributed by atoms with van der Waals surface area (Å²) in [5.74, 6) is 1.000. The van der Waals surface area contributed by atoms with Gasteiger partial charge in [-0.2, -0.15) is 13.2 Å². The van der Waals surface area contributed by atoms with Gasteiger partial charge in [-0.05, 0) is 43.0 Å². The maximum Gasteiger partial charge on any atom is 0.418 e. The number of nitrogens with one attached hydrogen (secondary N) is 1. The lowest BCUT2D eigenvalue weighted by Gasteiger charge is -2.38. The zero-order valence-electron chi connectivity index (χ0n) is 16.9. The van der Waals surface area contributed by atoms with Gasteiger partial charge in [0, 0.05) is 42.4 Å². The van der Waals surface area contributed by atoms with Crippen LogP contribution in [0, 0.1) is 11.8 Å². The number of hydrogen-bond donors (Lipinski definition) is 2. The summed E-state index contributed by atoms with van der Waals surface area (Å²) in [7, 11) is 0. The van der Waals surface area contributed by atoms with Gasteiger partial charge in [0.25, 0.3) is 0 Å². The number of hydrogen-bond acceptors (Lipinski definition) is 4. The van der Waals surface area contributed by atoms with Crippen molar-refractivity contribution < 1.29 is 18.3 Å². The highest BCUT2D eigenvalue weighted by molar-refractivity contribution is 5.93. The number of halogens is 3. The Morgan fingerprint density at radius 3 is 2.80 bits per heavy atom. The summed E-state index contributed by atoms with van der Waals surface area (Å²) in [4.78, 5) is 13.6. The van der Waals surface area contributed by atoms with Gasteiger partial charge in [-0.25, -0.2) is 9.97 Å². The van der Waals surface area contributed by atoms with Gasteiger partial charge in [0.2, 0.25) is 0 Å². The monoisotopic (exact) mass is 418 g/mol. The molecule has 3 aromatic heterocycles. The van der Waals surface area contributed by atoms with Crippen LogP contribution in [0.3, 0.4) is 0 Å². The Kier molecular flexibility index (Phi) is 5.44. The van der Waals surface area contributed by atoms with E-state index >= 15 is 0 Å². The van der Waals surface area contributed by atoms with Crippen molar-refractivity contribution in [1.82, 2.24) is 15.0 Å². The van der Waals surface area contributed by atoms with Crippen molar-refractivity contribution in [2.75, 3.05) is 18.0 Å². The molecule has 1 fully saturated rings. The van der Waals surface area contributed by atoms with Crippen LogP contribution in [0.5, 0.6) is 0 Å². The van der Waals surface area contributed by atoms with Crippen LogP contribution in [0.25, 0.3) is 22.3 Å². The van der Waals surface area contributed by atoms with Gasteiger partial charge >= 0.3 is 6.18 Å². The minimum absolute atomic E-state index is 0.0728. The van der Waals surface area contributed by atoms with Crippen LogP contribution in [0.4, 0.5) is 19.0 Å². The van der Waals surface area contributed by atoms with E-state index in [4.69, 9.17) is 0 Å². The van der Waals surface area contributed by atoms with Crippen LogP contribution in [-0.4, -0.2) is 39.3 Å². The number of aromatic nitrogens is 3. The van der Waals surface area contributed by atoms with Crippen LogP contribution in [0.2, 0.25) is 0 Å². The fourth-order valence-electron chi connectivity index (χ4n) is 4.28. The topological polar surface area (TPSA) is 65.0 Å². The van der Waals surface area contributed by atoms with E-state index in [0.29, 0.717) is 47.8 Å². The third-order valence-corrected chi connectivity index (χ3v) is 5.68. The highest BCUT2D eigenvalue weighted by Gasteiger charge is 2.36. The molecule has 2 atom stereocenters. The number of rotatable bonds is 4. The Bertz CT molecular complexity index is 1030. The molecular formula is C22H25F3N4O. The van der Waals surface area contributed by atoms with E-state index in [1.165, 1.54) is 12.3 Å². The highest BCUT2D eigenvalue weighted by atomic mass is 19.4. The van der Waals surface area contributed by atoms with Crippen LogP contribution >= 0.6 is 0 Å². The van der Waals surface area contributed by atoms with E-state index in [1.807, 2.05) is 4.90 Å². The second-order valence-electron chi connectivity index (χ2n) is 8.36. The molecule has 5 nitrogen and oxygen atoms in total. The molecule has 160 valence electrons. The molecule has 4 rings (SSSR count). The molecule has 3 aromatic rings. The summed E-state index contributed by atoms with van der Waals surface area (Å²) in [6.45, 7) is 5.34. The van der Waals surface area contributed by atoms with Crippen LogP contribution in [-0.2, 0) is 6.18 Å². The third-order valence-electron chi connectivity index (χ3n) is 5.68. The van der Waals surface area contributed by atoms with E-state index in [0.717, 1.165) is 12.5 Å². The van der Waals surface area contributed by atoms with Crippen molar-refractivity contribution in [2.24, 2.45) is 11.8 Å². The molecule has 1 saturated heterocycles. The minimum Gasteiger partial charge on any atom is -0.393 e. The minimum atomic E-state index is -4.52. The van der Waals surface area contributed by atoms with E-state index in [1.54, 1.807) is 18.3 Å². The summed E-state index contributed by atoms with van der Waals surface area (Å²) in [6.07, 6.45) is -0.361. The van der Waals surface area contributed by atoms with E-state index < -0.39 is 17.8 Å². The maximum absolute atomic E-state index is 13.8. The number of aromatic amines is 1. The molecule has 0 aliphatic carbocycles. The summed E-state index contributed by atoms with van der Waals surface area (Å²) in [5, 5.41) is 10.9. The van der Waals surface area contributed by atoms with Crippen molar-refractivity contribution in [3.8, 4) is 11.3 Å². The molecule has 0 bridgehead atoms. The Labute approximate surface area is 173 Å². The lowest BCUT2D eigenvalue weighted by molar-refractivity contribution is -0.137. The molecule has 0 radical (unpaired) electrons. The second-order valence-corrected chi connectivity index (χ2v) is 8.36. The average Bonchev–Trinajstić information content (AvgIpc) is 3.12. The smallest absolute Gasteiger partial charge is 0.393 e. The molecule has 1 unspecified atom stereocenters. The lowest BCUT2D eigenvalue weighted by Crippen LogP contribution is -2.44. The number of alkyl halides is 3. The van der Waals surface area contributed by atoms with Gasteiger partial charge in [-0.15, -0.1) is 0 Å². The second kappa shape index (κ2) is 7.91. The standard InChI is InChI=1S/C22H25F3N4O/c1-13(2)10-14-12-29(9-7-18(14)30)19-6-5-17(22(23,24)25)20(28-19)16-11-27-21-15(16)4-3-8-26-21/h3-6,8,11,13-14,18,30H,7,9-10,12H2,1-2H3,(H,26,27)/t14-,18?/m1/s1. The van der Waals surface area contributed by atoms with Crippen LogP contribution in [0.15, 0.2) is 36.7 Å². The molecule has 1 aliphatic heterocycles. The summed E-state index contributed by atoms with van der Waals surface area (Å²) in [5.41, 5.74) is 0.0199. The normalized spacial score (nSPS) is 20.3. The Morgan fingerprint density at radius 2 is 2.07 bits per heavy atom. The number of piperidine rings is 1. The van der Waals surface area contributed by atoms with Gasteiger partial charge < -0.3 is 15.0 Å². The van der Waals surface area contributed by atoms with E-state index in [-0.39, 0.29) is 11.6 Å². The number of fused-ring (bicyclic) bond motifs is 1. The van der Waals surface area contributed by atoms with Crippen LogP contribution in [0.1, 0.15) is 32.3 Å². The SMILES string of the molecule is CC(C)C[C@@H]1CN(c2ccc(C(F)(F)F)c(-c3c[nH]c4ncccc34)n2)CCC1O. The van der Waals surface area contributed by atoms with Gasteiger partial charge in [0.15, 0.2) is 0 Å². The van der Waals surface area contributed by atoms with Crippen molar-refractivity contribution >= 4 is 16.9 Å². The van der Waals surface area contributed by atoms with Gasteiger partial charge in [-0.1, -0.05) is 13.8 Å². The molecule has 0 amide bonds. The largest absolute Gasteiger partial charge is 0.418 e. The molecule has 0 saturated carbocycles. The number of anilines is 1. The predicted molar refractivity (Wildman–Crippen MR) is 110 cm³/mol. The average molecular weight is 418 g/mol. The summed E-state index contributed by atoms with van der Waals surface area (Å²) < 4.78 is 41.3. The van der Waals surface area contributed by atoms with Gasteiger partial charge in [0.05, 0.1) is 17.4 Å². The van der Waals surface area contributed by atoms with Crippen molar-refractivity contribution in [1.29, 1.82) is 0 Å². The zero-order chi connectivity index (χ0) is 21.5. The summed E-state index contributed by atoms with van der Waals surface area (Å²) in [6, 6.07) is 5.97. The Hall–Kier alpha value is -2.61. The lowest BCUT2D eigenvalue weighted by atomic mass is 9.87. The van der Waals surface area contributed by atoms with Gasteiger partial charge in [-0.3, -0.25) is 0 Å². The molecule has 0 spiro atoms. The first-order chi connectivity index (χ1) is 14.2. The van der Waals surface area contributed by atoms with Crippen molar-refractivity contribution in [3.05, 3.63) is 42.2 Å². The molecule has 1 aliphatic rings. The number of pyridine rings is 2. The van der Waals surface area contributed by atoms with E-state index in [2.05, 4.69) is 28.8 Å². The molecule has 0 aromatic carbocycles. The van der Waals surface area contributed by atoms with Crippen molar-refractivity contribution in [3.63, 3.8) is 0 Å². The quantitative estimate of drug-likeness (QED) is 0.634. The van der Waals surface area contributed by atoms with E-state index in [9.17, 15) is 18.3 Å². The number of H-pyrrole nitrogens is 1. The Morgan fingerprint density at radius 1 is 1.27 bits per heavy atom.